The fourth-order valence-corrected chi connectivity index (χ4v) is 0.504. The molecule has 0 aliphatic heterocycles. The molecule has 8 nitrogen and oxygen atoms in total. The Morgan fingerprint density at radius 2 is 1.26 bits per heavy atom. The van der Waals surface area contributed by atoms with Crippen molar-refractivity contribution in [3.05, 3.63) is 24.3 Å². The number of hydrogen-bond acceptors (Lipinski definition) is 6. The third-order valence-electron chi connectivity index (χ3n) is 1.31. The van der Waals surface area contributed by atoms with Crippen molar-refractivity contribution in [2.75, 3.05) is 0 Å². The van der Waals surface area contributed by atoms with E-state index in [4.69, 9.17) is 10.7 Å². The number of esters is 2. The fourth-order valence-electron chi connectivity index (χ4n) is 0.504. The van der Waals surface area contributed by atoms with E-state index in [1.165, 1.54) is 13.8 Å². The van der Waals surface area contributed by atoms with Gasteiger partial charge < -0.3 is 4.74 Å². The molecule has 0 aliphatic rings. The molecule has 0 saturated carbocycles. The molecule has 19 heavy (non-hydrogen) atoms. The van der Waals surface area contributed by atoms with E-state index >= 15 is 0 Å². The molecule has 0 bridgehead atoms. The van der Waals surface area contributed by atoms with Crippen molar-refractivity contribution in [3.63, 3.8) is 0 Å². The molecule has 2 N–H and O–H groups in total. The predicted molar refractivity (Wildman–Crippen MR) is 55.9 cm³/mol. The molecule has 0 radical (unpaired) electrons. The summed E-state index contributed by atoms with van der Waals surface area (Å²) in [7, 11) is 0. The first kappa shape index (κ1) is 19.7. The molecule has 0 aromatic carbocycles. The van der Waals surface area contributed by atoms with Crippen LogP contribution in [-0.2, 0) is 45.9 Å². The first-order chi connectivity index (χ1) is 8.50. The van der Waals surface area contributed by atoms with Crippen LogP contribution in [0.2, 0.25) is 0 Å². The van der Waals surface area contributed by atoms with Crippen LogP contribution in [0.1, 0.15) is 13.8 Å². The molecule has 0 heterocycles. The molecule has 0 fully saturated rings. The van der Waals surface area contributed by atoms with Crippen LogP contribution >= 0.6 is 0 Å². The van der Waals surface area contributed by atoms with Gasteiger partial charge in [0.05, 0.1) is 0 Å². The van der Waals surface area contributed by atoms with E-state index in [0.29, 0.717) is 0 Å². The number of ether oxygens (including phenoxy) is 1. The Morgan fingerprint density at radius 1 is 0.895 bits per heavy atom. The molecule has 0 amide bonds. The van der Waals surface area contributed by atoms with E-state index in [1.54, 1.807) is 0 Å². The average Bonchev–Trinajstić information content (AvgIpc) is 2.25. The standard InChI is InChI=1S/C10H10O5.2H2O.O.Ti/c1-5(2)7(11)8(12)10(14)15-9(13)6(3)4;;;;/h1,3H2,2,4H3;2*1H2;;/q;;;;+2/p-2. The van der Waals surface area contributed by atoms with Gasteiger partial charge in [0.2, 0.25) is 5.78 Å². The Labute approximate surface area is 115 Å². The summed E-state index contributed by atoms with van der Waals surface area (Å²) < 4.78 is 27.3. The predicted octanol–water partition coefficient (Wildman–Crippen LogP) is -0.889. The van der Waals surface area contributed by atoms with Crippen molar-refractivity contribution < 1.29 is 53.2 Å². The number of ketones is 2. The quantitative estimate of drug-likeness (QED) is 0.224. The zero-order valence-electron chi connectivity index (χ0n) is 10.3. The van der Waals surface area contributed by atoms with Crippen LogP contribution in [0.4, 0.5) is 0 Å². The van der Waals surface area contributed by atoms with Gasteiger partial charge in [-0.05, 0) is 19.4 Å². The summed E-state index contributed by atoms with van der Waals surface area (Å²) in [6.07, 6.45) is 0. The molecular formula is C10H12O8Ti. The van der Waals surface area contributed by atoms with Crippen LogP contribution in [0.15, 0.2) is 24.3 Å². The summed E-state index contributed by atoms with van der Waals surface area (Å²) in [6.45, 7) is 8.98. The van der Waals surface area contributed by atoms with Gasteiger partial charge in [-0.1, -0.05) is 13.2 Å². The Balaban J connectivity index is 0. The van der Waals surface area contributed by atoms with Crippen molar-refractivity contribution >= 4 is 23.5 Å². The minimum absolute atomic E-state index is 0.0427. The van der Waals surface area contributed by atoms with Crippen LogP contribution in [0.5, 0.6) is 0 Å². The molecule has 104 valence electrons. The van der Waals surface area contributed by atoms with Crippen LogP contribution < -0.4 is 0 Å². The first-order valence-corrected chi connectivity index (χ1v) is 6.62. The van der Waals surface area contributed by atoms with Crippen molar-refractivity contribution in [1.82, 2.24) is 0 Å². The molecule has 0 saturated heterocycles. The van der Waals surface area contributed by atoms with E-state index in [0.717, 1.165) is 0 Å². The number of carbonyl (C=O) groups excluding carboxylic acids is 4. The van der Waals surface area contributed by atoms with Gasteiger partial charge in [-0.15, -0.1) is 0 Å². The summed E-state index contributed by atoms with van der Waals surface area (Å²) in [6, 6.07) is 0. The van der Waals surface area contributed by atoms with E-state index in [-0.39, 0.29) is 11.1 Å². The van der Waals surface area contributed by atoms with Gasteiger partial charge in [0, 0.05) is 5.57 Å². The van der Waals surface area contributed by atoms with Crippen LogP contribution in [0, 0.1) is 0 Å². The Hall–Kier alpha value is -1.61. The fraction of sp³-hybridized carbons (Fsp3) is 0.200. The molecule has 0 aliphatic carbocycles. The van der Waals surface area contributed by atoms with Gasteiger partial charge in [-0.25, -0.2) is 9.59 Å². The van der Waals surface area contributed by atoms with Gasteiger partial charge in [0.15, 0.2) is 0 Å². The summed E-state index contributed by atoms with van der Waals surface area (Å²) in [5, 5.41) is 0. The summed E-state index contributed by atoms with van der Waals surface area (Å²) in [5.41, 5.74) is -0.140. The van der Waals surface area contributed by atoms with E-state index in [9.17, 15) is 19.2 Å². The summed E-state index contributed by atoms with van der Waals surface area (Å²) in [5.74, 6) is -5.05. The maximum atomic E-state index is 11.0. The van der Waals surface area contributed by atoms with Crippen molar-refractivity contribution in [2.45, 2.75) is 13.8 Å². The summed E-state index contributed by atoms with van der Waals surface area (Å²) >= 11 is -3.58. The summed E-state index contributed by atoms with van der Waals surface area (Å²) in [4.78, 5) is 43.7. The van der Waals surface area contributed by atoms with Gasteiger partial charge in [-0.2, -0.15) is 0 Å². The van der Waals surface area contributed by atoms with Crippen molar-refractivity contribution in [3.8, 4) is 0 Å². The minimum atomic E-state index is -3.58. The SMILES string of the molecule is C=C(C)C(=O)OC(=O)C(=O)C(=O)C(=C)C.[O]=[Ti]([OH])[OH]. The number of rotatable bonds is 4. The molecular weight excluding hydrogens is 296 g/mol. The maximum absolute atomic E-state index is 11.0. The van der Waals surface area contributed by atoms with E-state index in [1.807, 2.05) is 0 Å². The molecule has 9 heteroatoms. The number of Topliss-reactive ketones (excluding diaryl/α,β-unsaturated/α-hetero) is 2. The monoisotopic (exact) mass is 308 g/mol. The molecule has 0 aromatic rings. The van der Waals surface area contributed by atoms with Crippen LogP contribution in [-0.4, -0.2) is 30.9 Å². The van der Waals surface area contributed by atoms with Gasteiger partial charge in [-0.3, -0.25) is 9.59 Å². The molecule has 0 unspecified atom stereocenters. The zero-order valence-corrected chi connectivity index (χ0v) is 11.8. The number of carbonyl (C=O) groups is 4. The van der Waals surface area contributed by atoms with Crippen molar-refractivity contribution in [1.29, 1.82) is 0 Å². The average molecular weight is 308 g/mol. The second-order valence-corrected chi connectivity index (χ2v) is 4.06. The number of hydrogen-bond donors (Lipinski definition) is 2. The number of allylic oxidation sites excluding steroid dienone is 1. The topological polar surface area (TPSA) is 135 Å². The Bertz CT molecular complexity index is 458. The molecule has 0 aromatic heterocycles. The Kier molecular flexibility index (Phi) is 9.70. The van der Waals surface area contributed by atoms with E-state index < -0.39 is 42.1 Å². The van der Waals surface area contributed by atoms with Crippen molar-refractivity contribution in [2.24, 2.45) is 0 Å². The third kappa shape index (κ3) is 10.0. The molecule has 0 atom stereocenters. The van der Waals surface area contributed by atoms with E-state index in [2.05, 4.69) is 17.9 Å². The second kappa shape index (κ2) is 9.34. The van der Waals surface area contributed by atoms with Crippen LogP contribution in [0.3, 0.4) is 0 Å². The van der Waals surface area contributed by atoms with Gasteiger partial charge in [0.25, 0.3) is 0 Å². The zero-order chi connectivity index (χ0) is 15.7. The molecule has 0 spiro atoms. The molecule has 0 rings (SSSR count). The van der Waals surface area contributed by atoms with Crippen LogP contribution in [0.25, 0.3) is 0 Å². The first-order valence-electron chi connectivity index (χ1n) is 4.58. The van der Waals surface area contributed by atoms with Gasteiger partial charge in [0.1, 0.15) is 0 Å². The normalized spacial score (nSPS) is 8.42. The second-order valence-electron chi connectivity index (χ2n) is 3.18. The third-order valence-corrected chi connectivity index (χ3v) is 1.31. The van der Waals surface area contributed by atoms with Gasteiger partial charge >= 0.3 is 47.0 Å². The Morgan fingerprint density at radius 3 is 1.53 bits per heavy atom.